The maximum Gasteiger partial charge on any atom is 0.305 e. The zero-order valence-corrected chi connectivity index (χ0v) is 33.1. The van der Waals surface area contributed by atoms with Crippen molar-refractivity contribution in [3.63, 3.8) is 0 Å². The first-order valence-electron chi connectivity index (χ1n) is 19.5. The number of amides is 2. The molecule has 8 heteroatoms. The summed E-state index contributed by atoms with van der Waals surface area (Å²) in [5, 5.41) is 12.3. The Labute approximate surface area is 288 Å². The molecular weight excluding hydrogens is 578 g/mol. The van der Waals surface area contributed by atoms with Crippen molar-refractivity contribution in [3.05, 3.63) is 0 Å². The Morgan fingerprint density at radius 3 is 1.61 bits per heavy atom. The van der Waals surface area contributed by atoms with Crippen LogP contribution in [0.25, 0.3) is 0 Å². The quantitative estimate of drug-likeness (QED) is 0.0940. The van der Waals surface area contributed by atoms with Crippen LogP contribution in [0.15, 0.2) is 0 Å². The molecule has 0 saturated carbocycles. The second-order valence-corrected chi connectivity index (χ2v) is 10.3. The van der Waals surface area contributed by atoms with Crippen LogP contribution in [0, 0.1) is 0 Å². The van der Waals surface area contributed by atoms with E-state index in [0.717, 1.165) is 45.2 Å². The highest BCUT2D eigenvalue weighted by molar-refractivity contribution is 5.84. The lowest BCUT2D eigenvalue weighted by Gasteiger charge is -2.29. The summed E-state index contributed by atoms with van der Waals surface area (Å²) < 4.78 is 5.30. The molecule has 2 amide bonds. The van der Waals surface area contributed by atoms with Crippen LogP contribution in [0.4, 0.5) is 0 Å². The van der Waals surface area contributed by atoms with Crippen LogP contribution < -0.4 is 5.32 Å². The molecule has 0 spiro atoms. The summed E-state index contributed by atoms with van der Waals surface area (Å²) in [7, 11) is 2.07. The van der Waals surface area contributed by atoms with E-state index in [9.17, 15) is 19.5 Å². The standard InChI is InChI=1S/C28H53N3O5.5C2H6/c1-3-4-5-6-7-8-9-10-11-12-13-14-28(35)36-24-22-31(21-23-32)27(34)16-15-26(33)29-25-17-19-30(2)20-18-25;5*1-2/h25,32H,3-24H2,1-2H3,(H,29,33);5*1-2H3. The van der Waals surface area contributed by atoms with E-state index in [4.69, 9.17) is 4.74 Å². The van der Waals surface area contributed by atoms with E-state index >= 15 is 0 Å². The van der Waals surface area contributed by atoms with Gasteiger partial charge in [0.15, 0.2) is 0 Å². The summed E-state index contributed by atoms with van der Waals surface area (Å²) in [6, 6.07) is 0.178. The maximum absolute atomic E-state index is 12.5. The van der Waals surface area contributed by atoms with Gasteiger partial charge in [0.25, 0.3) is 0 Å². The molecule has 1 fully saturated rings. The molecule has 0 bridgehead atoms. The number of nitrogens with zero attached hydrogens (tertiary/aromatic N) is 2. The smallest absolute Gasteiger partial charge is 0.305 e. The van der Waals surface area contributed by atoms with Crippen LogP contribution in [-0.4, -0.2) is 85.2 Å². The summed E-state index contributed by atoms with van der Waals surface area (Å²) in [4.78, 5) is 40.5. The fraction of sp³-hybridized carbons (Fsp3) is 0.921. The number of carbonyl (C=O) groups is 3. The number of aliphatic hydroxyl groups is 1. The Balaban J connectivity index is -0.000000508. The number of aliphatic hydroxyl groups excluding tert-OH is 1. The number of esters is 1. The lowest BCUT2D eigenvalue weighted by Crippen LogP contribution is -2.43. The molecule has 280 valence electrons. The van der Waals surface area contributed by atoms with Gasteiger partial charge in [-0.15, -0.1) is 0 Å². The van der Waals surface area contributed by atoms with Crippen molar-refractivity contribution in [1.82, 2.24) is 15.1 Å². The summed E-state index contributed by atoms with van der Waals surface area (Å²) in [6.45, 7) is 24.5. The van der Waals surface area contributed by atoms with Crippen LogP contribution in [0.5, 0.6) is 0 Å². The summed E-state index contributed by atoms with van der Waals surface area (Å²) in [5.74, 6) is -0.552. The molecule has 8 nitrogen and oxygen atoms in total. The third-order valence-corrected chi connectivity index (χ3v) is 6.98. The number of unbranched alkanes of at least 4 members (excludes halogenated alkanes) is 10. The third-order valence-electron chi connectivity index (χ3n) is 6.98. The first-order chi connectivity index (χ1) is 22.5. The number of rotatable bonds is 21. The SMILES string of the molecule is CC.CC.CC.CC.CC.CCCCCCCCCCCCCC(=O)OCCN(CCO)C(=O)CCC(=O)NC1CCN(C)CC1. The third kappa shape index (κ3) is 38.5. The number of nitrogens with one attached hydrogen (secondary N) is 1. The molecule has 0 aromatic carbocycles. The second kappa shape index (κ2) is 47.7. The van der Waals surface area contributed by atoms with Gasteiger partial charge in [0.1, 0.15) is 6.61 Å². The predicted molar refractivity (Wildman–Crippen MR) is 200 cm³/mol. The Kier molecular flexibility index (Phi) is 55.8. The lowest BCUT2D eigenvalue weighted by molar-refractivity contribution is -0.146. The van der Waals surface area contributed by atoms with Crippen LogP contribution in [-0.2, 0) is 19.1 Å². The maximum atomic E-state index is 12.5. The van der Waals surface area contributed by atoms with Crippen molar-refractivity contribution in [3.8, 4) is 0 Å². The summed E-state index contributed by atoms with van der Waals surface area (Å²) >= 11 is 0. The van der Waals surface area contributed by atoms with E-state index < -0.39 is 0 Å². The number of carbonyl (C=O) groups excluding carboxylic acids is 3. The van der Waals surface area contributed by atoms with Gasteiger partial charge in [-0.3, -0.25) is 14.4 Å². The van der Waals surface area contributed by atoms with Crippen molar-refractivity contribution < 1.29 is 24.2 Å². The highest BCUT2D eigenvalue weighted by Crippen LogP contribution is 2.12. The van der Waals surface area contributed by atoms with Crippen molar-refractivity contribution in [2.24, 2.45) is 0 Å². The van der Waals surface area contributed by atoms with Crippen LogP contribution >= 0.6 is 0 Å². The fourth-order valence-corrected chi connectivity index (χ4v) is 4.59. The van der Waals surface area contributed by atoms with Gasteiger partial charge in [0.2, 0.25) is 11.8 Å². The van der Waals surface area contributed by atoms with Gasteiger partial charge in [-0.05, 0) is 39.4 Å². The Hall–Kier alpha value is -1.67. The van der Waals surface area contributed by atoms with Gasteiger partial charge in [-0.1, -0.05) is 140 Å². The molecule has 1 aliphatic rings. The Morgan fingerprint density at radius 1 is 0.696 bits per heavy atom. The van der Waals surface area contributed by atoms with Crippen molar-refractivity contribution >= 4 is 17.8 Å². The molecule has 0 unspecified atom stereocenters. The monoisotopic (exact) mass is 662 g/mol. The highest BCUT2D eigenvalue weighted by Gasteiger charge is 2.20. The molecule has 1 saturated heterocycles. The zero-order valence-electron chi connectivity index (χ0n) is 33.1. The van der Waals surface area contributed by atoms with Crippen molar-refractivity contribution in [2.45, 2.75) is 185 Å². The van der Waals surface area contributed by atoms with E-state index in [2.05, 4.69) is 24.2 Å². The lowest BCUT2D eigenvalue weighted by atomic mass is 10.1. The largest absolute Gasteiger partial charge is 0.464 e. The van der Waals surface area contributed by atoms with E-state index in [1.165, 1.54) is 56.3 Å². The van der Waals surface area contributed by atoms with Crippen molar-refractivity contribution in [1.29, 1.82) is 0 Å². The summed E-state index contributed by atoms with van der Waals surface area (Å²) in [5.41, 5.74) is 0. The molecule has 1 aliphatic heterocycles. The summed E-state index contributed by atoms with van der Waals surface area (Å²) in [6.07, 6.45) is 16.0. The van der Waals surface area contributed by atoms with E-state index in [0.29, 0.717) is 6.42 Å². The normalized spacial score (nSPS) is 12.0. The molecule has 1 rings (SSSR count). The average Bonchev–Trinajstić information content (AvgIpc) is 3.11. The first kappa shape index (κ1) is 53.8. The van der Waals surface area contributed by atoms with Crippen molar-refractivity contribution in [2.75, 3.05) is 46.4 Å². The number of hydrogen-bond donors (Lipinski definition) is 2. The highest BCUT2D eigenvalue weighted by atomic mass is 16.5. The van der Waals surface area contributed by atoms with Crippen LogP contribution in [0.1, 0.15) is 179 Å². The van der Waals surface area contributed by atoms with Gasteiger partial charge in [0, 0.05) is 31.8 Å². The number of likely N-dealkylation sites (tertiary alicyclic amines) is 1. The zero-order chi connectivity index (χ0) is 36.4. The minimum Gasteiger partial charge on any atom is -0.464 e. The Bertz CT molecular complexity index is 597. The molecule has 0 aliphatic carbocycles. The second-order valence-electron chi connectivity index (χ2n) is 10.3. The Morgan fingerprint density at radius 2 is 1.15 bits per heavy atom. The molecule has 2 N–H and O–H groups in total. The van der Waals surface area contributed by atoms with E-state index in [1.54, 1.807) is 0 Å². The average molecular weight is 662 g/mol. The van der Waals surface area contributed by atoms with Crippen LogP contribution in [0.3, 0.4) is 0 Å². The van der Waals surface area contributed by atoms with Gasteiger partial charge < -0.3 is 25.0 Å². The van der Waals surface area contributed by atoms with Crippen LogP contribution in [0.2, 0.25) is 0 Å². The molecule has 0 aromatic heterocycles. The minimum absolute atomic E-state index is 0.0884. The molecular formula is C38H83N3O5. The number of hydrogen-bond acceptors (Lipinski definition) is 6. The van der Waals surface area contributed by atoms with Gasteiger partial charge in [-0.25, -0.2) is 0 Å². The first-order valence-corrected chi connectivity index (χ1v) is 19.5. The van der Waals surface area contributed by atoms with E-state index in [1.807, 2.05) is 69.2 Å². The number of ether oxygens (including phenoxy) is 1. The van der Waals surface area contributed by atoms with Gasteiger partial charge >= 0.3 is 5.97 Å². The molecule has 1 heterocycles. The topological polar surface area (TPSA) is 99.2 Å². The van der Waals surface area contributed by atoms with Gasteiger partial charge in [-0.2, -0.15) is 0 Å². The minimum atomic E-state index is -0.236. The number of piperidine rings is 1. The van der Waals surface area contributed by atoms with Gasteiger partial charge in [0.05, 0.1) is 13.2 Å². The molecule has 0 atom stereocenters. The molecule has 0 radical (unpaired) electrons. The predicted octanol–water partition coefficient (Wildman–Crippen LogP) is 9.17. The van der Waals surface area contributed by atoms with E-state index in [-0.39, 0.29) is 63.0 Å². The molecule has 0 aromatic rings. The fourth-order valence-electron chi connectivity index (χ4n) is 4.59. The molecule has 46 heavy (non-hydrogen) atoms.